The van der Waals surface area contributed by atoms with E-state index >= 15 is 0 Å². The summed E-state index contributed by atoms with van der Waals surface area (Å²) in [7, 11) is 0. The molecule has 1 aromatic heterocycles. The fraction of sp³-hybridized carbons (Fsp3) is 0.643. The van der Waals surface area contributed by atoms with Gasteiger partial charge in [-0.3, -0.25) is 14.4 Å². The highest BCUT2D eigenvalue weighted by molar-refractivity contribution is 7.07. The molecule has 0 spiro atoms. The predicted molar refractivity (Wildman–Crippen MR) is 79.0 cm³/mol. The highest BCUT2D eigenvalue weighted by Gasteiger charge is 2.34. The molecule has 2 aliphatic rings. The lowest BCUT2D eigenvalue weighted by molar-refractivity contribution is -0.132. The minimum atomic E-state index is -0.0563. The molecule has 0 bridgehead atoms. The van der Waals surface area contributed by atoms with Crippen LogP contribution in [0.1, 0.15) is 25.0 Å². The number of carbonyl (C=O) groups is 2. The van der Waals surface area contributed by atoms with Crippen molar-refractivity contribution in [1.82, 2.24) is 14.4 Å². The Morgan fingerprint density at radius 3 is 2.76 bits per heavy atom. The Hall–Kier alpha value is -1.63. The van der Waals surface area contributed by atoms with Crippen molar-refractivity contribution in [2.75, 3.05) is 19.8 Å². The first-order valence-electron chi connectivity index (χ1n) is 7.25. The van der Waals surface area contributed by atoms with Crippen molar-refractivity contribution in [2.45, 2.75) is 32.7 Å². The fourth-order valence-electron chi connectivity index (χ4n) is 2.58. The summed E-state index contributed by atoms with van der Waals surface area (Å²) in [5.41, 5.74) is 0.880. The second-order valence-electron chi connectivity index (χ2n) is 5.84. The van der Waals surface area contributed by atoms with Crippen LogP contribution in [0.3, 0.4) is 0 Å². The Balaban J connectivity index is 1.54. The quantitative estimate of drug-likeness (QED) is 0.802. The van der Waals surface area contributed by atoms with Crippen LogP contribution in [0.5, 0.6) is 0 Å². The summed E-state index contributed by atoms with van der Waals surface area (Å²) in [5, 5.41) is 1.80. The van der Waals surface area contributed by atoms with E-state index in [0.717, 1.165) is 23.6 Å². The minimum absolute atomic E-state index is 0.0341. The molecule has 1 aliphatic carbocycles. The molecule has 1 aromatic rings. The summed E-state index contributed by atoms with van der Waals surface area (Å²) in [6, 6.07) is 0. The summed E-state index contributed by atoms with van der Waals surface area (Å²) in [6.45, 7) is 3.62. The van der Waals surface area contributed by atoms with Gasteiger partial charge in [0.25, 0.3) is 0 Å². The van der Waals surface area contributed by atoms with E-state index in [0.29, 0.717) is 19.1 Å². The topological polar surface area (TPSA) is 62.6 Å². The van der Waals surface area contributed by atoms with Crippen molar-refractivity contribution < 1.29 is 9.59 Å². The molecule has 0 unspecified atom stereocenters. The second-order valence-corrected chi connectivity index (χ2v) is 6.66. The third-order valence-electron chi connectivity index (χ3n) is 4.07. The van der Waals surface area contributed by atoms with Crippen LogP contribution >= 0.6 is 11.3 Å². The fourth-order valence-corrected chi connectivity index (χ4v) is 3.34. The van der Waals surface area contributed by atoms with Crippen LogP contribution in [-0.4, -0.2) is 45.9 Å². The number of rotatable bonds is 5. The Morgan fingerprint density at radius 2 is 2.14 bits per heavy atom. The molecule has 6 nitrogen and oxygen atoms in total. The zero-order valence-corrected chi connectivity index (χ0v) is 12.9. The first kappa shape index (κ1) is 14.3. The molecule has 0 aromatic carbocycles. The zero-order valence-electron chi connectivity index (χ0n) is 12.1. The molecule has 114 valence electrons. The minimum Gasteiger partial charge on any atom is -0.323 e. The monoisotopic (exact) mass is 309 g/mol. The molecule has 2 fully saturated rings. The van der Waals surface area contributed by atoms with Crippen LogP contribution in [0.15, 0.2) is 10.2 Å². The Morgan fingerprint density at radius 1 is 1.38 bits per heavy atom. The molecule has 1 saturated carbocycles. The number of amides is 2. The lowest BCUT2D eigenvalue weighted by Gasteiger charge is -2.18. The molecule has 1 aliphatic heterocycles. The Labute approximate surface area is 127 Å². The molecule has 21 heavy (non-hydrogen) atoms. The van der Waals surface area contributed by atoms with Crippen LogP contribution < -0.4 is 4.87 Å². The first-order valence-corrected chi connectivity index (χ1v) is 8.13. The maximum atomic E-state index is 12.2. The number of thiazole rings is 1. The molecule has 0 radical (unpaired) electrons. The van der Waals surface area contributed by atoms with E-state index in [9.17, 15) is 14.4 Å². The largest absolute Gasteiger partial charge is 0.323 e. The smallest absolute Gasteiger partial charge is 0.307 e. The van der Waals surface area contributed by atoms with Crippen molar-refractivity contribution in [3.05, 3.63) is 20.7 Å². The summed E-state index contributed by atoms with van der Waals surface area (Å²) in [4.78, 5) is 39.0. The van der Waals surface area contributed by atoms with Gasteiger partial charge in [0, 0.05) is 30.6 Å². The number of aryl methyl sites for hydroxylation is 1. The predicted octanol–water partition coefficient (Wildman–Crippen LogP) is 0.647. The van der Waals surface area contributed by atoms with E-state index in [1.54, 1.807) is 19.7 Å². The van der Waals surface area contributed by atoms with E-state index in [1.807, 2.05) is 6.92 Å². The molecular weight excluding hydrogens is 290 g/mol. The van der Waals surface area contributed by atoms with Gasteiger partial charge in [-0.1, -0.05) is 11.3 Å². The van der Waals surface area contributed by atoms with Crippen LogP contribution in [0.2, 0.25) is 0 Å². The van der Waals surface area contributed by atoms with E-state index in [-0.39, 0.29) is 29.7 Å². The van der Waals surface area contributed by atoms with Gasteiger partial charge >= 0.3 is 4.87 Å². The molecule has 0 N–H and O–H groups in total. The molecule has 0 atom stereocenters. The lowest BCUT2D eigenvalue weighted by Crippen LogP contribution is -2.33. The Kier molecular flexibility index (Phi) is 3.84. The van der Waals surface area contributed by atoms with Crippen LogP contribution in [-0.2, 0) is 16.1 Å². The van der Waals surface area contributed by atoms with E-state index in [2.05, 4.69) is 0 Å². The normalized spacial score (nSPS) is 18.6. The summed E-state index contributed by atoms with van der Waals surface area (Å²) in [5.74, 6) is 0.620. The van der Waals surface area contributed by atoms with Gasteiger partial charge in [0.15, 0.2) is 0 Å². The summed E-state index contributed by atoms with van der Waals surface area (Å²) in [6.07, 6.45) is 2.65. The van der Waals surface area contributed by atoms with E-state index in [4.69, 9.17) is 0 Å². The van der Waals surface area contributed by atoms with Gasteiger partial charge in [-0.15, -0.1) is 0 Å². The van der Waals surface area contributed by atoms with Gasteiger partial charge in [-0.05, 0) is 25.7 Å². The molecule has 2 heterocycles. The SMILES string of the molecule is Cc1csc(=O)n1CCC(=O)N1CC(=O)N(CC2CC2)C1. The zero-order chi connectivity index (χ0) is 15.0. The molecular formula is C14H19N3O3S. The van der Waals surface area contributed by atoms with Crippen molar-refractivity contribution in [3.8, 4) is 0 Å². The van der Waals surface area contributed by atoms with Crippen molar-refractivity contribution >= 4 is 23.2 Å². The number of carbonyl (C=O) groups excluding carboxylic acids is 2. The van der Waals surface area contributed by atoms with Crippen molar-refractivity contribution in [3.63, 3.8) is 0 Å². The maximum absolute atomic E-state index is 12.2. The van der Waals surface area contributed by atoms with Gasteiger partial charge in [0.05, 0.1) is 6.67 Å². The third-order valence-corrected chi connectivity index (χ3v) is 4.96. The van der Waals surface area contributed by atoms with Crippen LogP contribution in [0.4, 0.5) is 0 Å². The maximum Gasteiger partial charge on any atom is 0.307 e. The van der Waals surface area contributed by atoms with Gasteiger partial charge in [0.2, 0.25) is 11.8 Å². The number of hydrogen-bond acceptors (Lipinski definition) is 4. The average molecular weight is 309 g/mol. The van der Waals surface area contributed by atoms with E-state index < -0.39 is 0 Å². The third kappa shape index (κ3) is 3.18. The molecule has 2 amide bonds. The van der Waals surface area contributed by atoms with Gasteiger partial charge in [0.1, 0.15) is 6.54 Å². The average Bonchev–Trinajstić information content (AvgIpc) is 3.11. The van der Waals surface area contributed by atoms with Crippen molar-refractivity contribution in [1.29, 1.82) is 0 Å². The van der Waals surface area contributed by atoms with E-state index in [1.165, 1.54) is 12.8 Å². The lowest BCUT2D eigenvalue weighted by atomic mass is 10.3. The standard InChI is InChI=1S/C14H19N3O3S/c1-10-8-21-14(20)17(10)5-4-12(18)16-7-13(19)15(9-16)6-11-2-3-11/h8,11H,2-7,9H2,1H3. The molecule has 1 saturated heterocycles. The summed E-state index contributed by atoms with van der Waals surface area (Å²) < 4.78 is 1.61. The summed E-state index contributed by atoms with van der Waals surface area (Å²) >= 11 is 1.15. The first-order chi connectivity index (χ1) is 10.0. The Bertz CT molecular complexity index is 617. The molecule has 3 rings (SSSR count). The number of nitrogens with zero attached hydrogens (tertiary/aromatic N) is 3. The highest BCUT2D eigenvalue weighted by atomic mass is 32.1. The van der Waals surface area contributed by atoms with Gasteiger partial charge < -0.3 is 14.4 Å². The molecule has 7 heteroatoms. The van der Waals surface area contributed by atoms with Crippen LogP contribution in [0, 0.1) is 12.8 Å². The second kappa shape index (κ2) is 5.63. The highest BCUT2D eigenvalue weighted by Crippen LogP contribution is 2.30. The van der Waals surface area contributed by atoms with Crippen LogP contribution in [0.25, 0.3) is 0 Å². The van der Waals surface area contributed by atoms with Gasteiger partial charge in [-0.25, -0.2) is 0 Å². The van der Waals surface area contributed by atoms with Gasteiger partial charge in [-0.2, -0.15) is 0 Å². The number of aromatic nitrogens is 1. The number of hydrogen-bond donors (Lipinski definition) is 0. The van der Waals surface area contributed by atoms with Crippen molar-refractivity contribution in [2.24, 2.45) is 5.92 Å².